The zero-order chi connectivity index (χ0) is 14.2. The van der Waals surface area contributed by atoms with E-state index in [0.29, 0.717) is 5.95 Å². The number of nitrogens with zero attached hydrogens (tertiary/aromatic N) is 4. The van der Waals surface area contributed by atoms with Crippen molar-refractivity contribution in [1.29, 1.82) is 0 Å². The summed E-state index contributed by atoms with van der Waals surface area (Å²) < 4.78 is 2.00. The third-order valence-electron chi connectivity index (χ3n) is 3.47. The van der Waals surface area contributed by atoms with Crippen molar-refractivity contribution < 1.29 is 0 Å². The Morgan fingerprint density at radius 1 is 1.29 bits per heavy atom. The highest BCUT2D eigenvalue weighted by molar-refractivity contribution is 5.93. The summed E-state index contributed by atoms with van der Waals surface area (Å²) in [6, 6.07) is 4.06. The van der Waals surface area contributed by atoms with E-state index in [1.807, 2.05) is 36.0 Å². The highest BCUT2D eigenvalue weighted by Crippen LogP contribution is 2.27. The van der Waals surface area contributed by atoms with Gasteiger partial charge in [0, 0.05) is 54.0 Å². The van der Waals surface area contributed by atoms with Crippen LogP contribution in [0.1, 0.15) is 6.92 Å². The number of H-pyrrole nitrogens is 1. The molecule has 0 saturated carbocycles. The number of anilines is 1. The second kappa shape index (κ2) is 4.59. The quantitative estimate of drug-likeness (QED) is 0.604. The van der Waals surface area contributed by atoms with Crippen molar-refractivity contribution in [3.63, 3.8) is 0 Å². The fourth-order valence-corrected chi connectivity index (χ4v) is 2.47. The van der Waals surface area contributed by atoms with Gasteiger partial charge in [0.15, 0.2) is 0 Å². The molecule has 0 bridgehead atoms. The van der Waals surface area contributed by atoms with E-state index in [2.05, 4.69) is 37.5 Å². The largest absolute Gasteiger partial charge is 0.354 e. The SMILES string of the molecule is CCNc1ncc2c(-c3ccc4nccn4c3)c[nH]c2n1. The summed E-state index contributed by atoms with van der Waals surface area (Å²) in [5, 5.41) is 4.13. The van der Waals surface area contributed by atoms with E-state index in [9.17, 15) is 0 Å². The van der Waals surface area contributed by atoms with Gasteiger partial charge in [-0.2, -0.15) is 4.98 Å². The van der Waals surface area contributed by atoms with Crippen LogP contribution >= 0.6 is 0 Å². The normalized spacial score (nSPS) is 11.3. The summed E-state index contributed by atoms with van der Waals surface area (Å²) in [5.41, 5.74) is 3.96. The Morgan fingerprint density at radius 3 is 3.14 bits per heavy atom. The second-order valence-electron chi connectivity index (χ2n) is 4.80. The van der Waals surface area contributed by atoms with E-state index in [-0.39, 0.29) is 0 Å². The van der Waals surface area contributed by atoms with Gasteiger partial charge < -0.3 is 14.7 Å². The molecule has 0 aliphatic carbocycles. The number of imidazole rings is 1. The molecule has 4 rings (SSSR count). The van der Waals surface area contributed by atoms with Crippen molar-refractivity contribution in [3.05, 3.63) is 43.1 Å². The molecule has 0 atom stereocenters. The Bertz CT molecular complexity index is 920. The number of nitrogens with one attached hydrogen (secondary N) is 2. The molecular formula is C15H14N6. The van der Waals surface area contributed by atoms with Gasteiger partial charge in [-0.25, -0.2) is 9.97 Å². The molecule has 0 saturated heterocycles. The number of rotatable bonds is 3. The predicted octanol–water partition coefficient (Wildman–Crippen LogP) is 2.70. The first-order valence-corrected chi connectivity index (χ1v) is 6.86. The van der Waals surface area contributed by atoms with Crippen LogP contribution in [0.15, 0.2) is 43.1 Å². The maximum atomic E-state index is 4.47. The lowest BCUT2D eigenvalue weighted by atomic mass is 10.1. The number of aromatic amines is 1. The Kier molecular flexibility index (Phi) is 2.60. The van der Waals surface area contributed by atoms with Crippen LogP contribution in [0.4, 0.5) is 5.95 Å². The van der Waals surface area contributed by atoms with Crippen molar-refractivity contribution in [3.8, 4) is 11.1 Å². The number of pyridine rings is 1. The molecule has 0 aliphatic rings. The van der Waals surface area contributed by atoms with Gasteiger partial charge in [0.2, 0.25) is 5.95 Å². The molecule has 0 fully saturated rings. The average Bonchev–Trinajstić information content (AvgIpc) is 3.12. The molecule has 4 heterocycles. The zero-order valence-electron chi connectivity index (χ0n) is 11.5. The monoisotopic (exact) mass is 278 g/mol. The summed E-state index contributed by atoms with van der Waals surface area (Å²) in [6.45, 7) is 2.82. The van der Waals surface area contributed by atoms with Crippen molar-refractivity contribution in [2.45, 2.75) is 6.92 Å². The molecule has 0 aromatic carbocycles. The molecular weight excluding hydrogens is 264 g/mol. The Labute approximate surface area is 120 Å². The average molecular weight is 278 g/mol. The standard InChI is InChI=1S/C15H14N6/c1-2-16-15-19-8-12-11(7-18-14(12)20-15)10-3-4-13-17-5-6-21(13)9-10/h3-9H,2H2,1H3,(H2,16,18,19,20). The Morgan fingerprint density at radius 2 is 2.24 bits per heavy atom. The fraction of sp³-hybridized carbons (Fsp3) is 0.133. The lowest BCUT2D eigenvalue weighted by Gasteiger charge is -2.02. The van der Waals surface area contributed by atoms with E-state index in [1.165, 1.54) is 0 Å². The van der Waals surface area contributed by atoms with Crippen molar-refractivity contribution >= 4 is 22.6 Å². The van der Waals surface area contributed by atoms with E-state index < -0.39 is 0 Å². The lowest BCUT2D eigenvalue weighted by molar-refractivity contribution is 1.10. The number of hydrogen-bond donors (Lipinski definition) is 2. The third-order valence-corrected chi connectivity index (χ3v) is 3.47. The molecule has 4 aromatic heterocycles. The smallest absolute Gasteiger partial charge is 0.224 e. The van der Waals surface area contributed by atoms with Crippen LogP contribution in [-0.2, 0) is 0 Å². The first-order valence-electron chi connectivity index (χ1n) is 6.86. The van der Waals surface area contributed by atoms with E-state index in [1.54, 1.807) is 6.20 Å². The lowest BCUT2D eigenvalue weighted by Crippen LogP contribution is -2.01. The minimum absolute atomic E-state index is 0.642. The summed E-state index contributed by atoms with van der Waals surface area (Å²) >= 11 is 0. The van der Waals surface area contributed by atoms with Gasteiger partial charge in [0.05, 0.1) is 0 Å². The molecule has 6 nitrogen and oxygen atoms in total. The van der Waals surface area contributed by atoms with E-state index in [0.717, 1.165) is 34.4 Å². The summed E-state index contributed by atoms with van der Waals surface area (Å²) in [7, 11) is 0. The summed E-state index contributed by atoms with van der Waals surface area (Å²) in [4.78, 5) is 16.3. The Hall–Kier alpha value is -2.89. The molecule has 104 valence electrons. The van der Waals surface area contributed by atoms with Crippen LogP contribution in [0, 0.1) is 0 Å². The zero-order valence-corrected chi connectivity index (χ0v) is 11.5. The minimum Gasteiger partial charge on any atom is -0.354 e. The highest BCUT2D eigenvalue weighted by Gasteiger charge is 2.09. The second-order valence-corrected chi connectivity index (χ2v) is 4.80. The van der Waals surface area contributed by atoms with E-state index >= 15 is 0 Å². The molecule has 6 heteroatoms. The van der Waals surface area contributed by atoms with Crippen LogP contribution in [0.2, 0.25) is 0 Å². The summed E-state index contributed by atoms with van der Waals surface area (Å²) in [5.74, 6) is 0.642. The van der Waals surface area contributed by atoms with Crippen molar-refractivity contribution in [2.75, 3.05) is 11.9 Å². The fourth-order valence-electron chi connectivity index (χ4n) is 2.47. The maximum absolute atomic E-state index is 4.47. The van der Waals surface area contributed by atoms with Crippen LogP contribution in [0.5, 0.6) is 0 Å². The Balaban J connectivity index is 1.85. The molecule has 0 spiro atoms. The van der Waals surface area contributed by atoms with Crippen LogP contribution in [-0.4, -0.2) is 30.9 Å². The topological polar surface area (TPSA) is 70.9 Å². The molecule has 0 aliphatic heterocycles. The van der Waals surface area contributed by atoms with Gasteiger partial charge in [0.1, 0.15) is 11.3 Å². The predicted molar refractivity (Wildman–Crippen MR) is 82.2 cm³/mol. The molecule has 21 heavy (non-hydrogen) atoms. The maximum Gasteiger partial charge on any atom is 0.224 e. The molecule has 2 N–H and O–H groups in total. The van der Waals surface area contributed by atoms with Gasteiger partial charge in [-0.1, -0.05) is 0 Å². The molecule has 0 unspecified atom stereocenters. The summed E-state index contributed by atoms with van der Waals surface area (Å²) in [6.07, 6.45) is 9.61. The molecule has 4 aromatic rings. The van der Waals surface area contributed by atoms with Crippen molar-refractivity contribution in [2.24, 2.45) is 0 Å². The van der Waals surface area contributed by atoms with Gasteiger partial charge in [-0.3, -0.25) is 0 Å². The molecule has 0 amide bonds. The van der Waals surface area contributed by atoms with Crippen LogP contribution in [0.3, 0.4) is 0 Å². The highest BCUT2D eigenvalue weighted by atomic mass is 15.1. The van der Waals surface area contributed by atoms with Gasteiger partial charge in [-0.05, 0) is 19.1 Å². The van der Waals surface area contributed by atoms with Gasteiger partial charge in [-0.15, -0.1) is 0 Å². The van der Waals surface area contributed by atoms with E-state index in [4.69, 9.17) is 0 Å². The molecule has 0 radical (unpaired) electrons. The first kappa shape index (κ1) is 11.9. The number of hydrogen-bond acceptors (Lipinski definition) is 4. The minimum atomic E-state index is 0.642. The van der Waals surface area contributed by atoms with Crippen molar-refractivity contribution in [1.82, 2.24) is 24.3 Å². The first-order chi connectivity index (χ1) is 10.3. The third kappa shape index (κ3) is 1.92. The van der Waals surface area contributed by atoms with Crippen LogP contribution < -0.4 is 5.32 Å². The number of fused-ring (bicyclic) bond motifs is 2. The number of aromatic nitrogens is 5. The van der Waals surface area contributed by atoms with Gasteiger partial charge >= 0.3 is 0 Å². The van der Waals surface area contributed by atoms with Gasteiger partial charge in [0.25, 0.3) is 0 Å². The van der Waals surface area contributed by atoms with Crippen LogP contribution in [0.25, 0.3) is 27.8 Å².